The van der Waals surface area contributed by atoms with Crippen LogP contribution in [0.5, 0.6) is 0 Å². The van der Waals surface area contributed by atoms with E-state index in [0.717, 1.165) is 10.2 Å². The average molecular weight is 281 g/mol. The molecule has 1 aromatic carbocycles. The maximum absolute atomic E-state index is 5.16. The third-order valence-electron chi connectivity index (χ3n) is 2.41. The molecular weight excluding hydrogens is 268 g/mol. The lowest BCUT2D eigenvalue weighted by Gasteiger charge is -2.13. The van der Waals surface area contributed by atoms with E-state index in [1.165, 1.54) is 12.0 Å². The molecule has 1 heterocycles. The normalized spacial score (nSPS) is 12.6. The summed E-state index contributed by atoms with van der Waals surface area (Å²) < 4.78 is 6.26. The topological polar surface area (TPSA) is 38.1 Å². The first kappa shape index (κ1) is 11.4. The van der Waals surface area contributed by atoms with E-state index in [2.05, 4.69) is 45.3 Å². The molecule has 0 saturated carbocycles. The third-order valence-corrected chi connectivity index (χ3v) is 2.91. The number of oxazole rings is 1. The van der Waals surface area contributed by atoms with Gasteiger partial charge in [-0.15, -0.1) is 0 Å². The highest BCUT2D eigenvalue weighted by Crippen LogP contribution is 2.18. The Bertz CT molecular complexity index is 442. The van der Waals surface area contributed by atoms with Crippen LogP contribution >= 0.6 is 15.9 Å². The second kappa shape index (κ2) is 5.27. The second-order valence-electron chi connectivity index (χ2n) is 3.63. The van der Waals surface area contributed by atoms with Gasteiger partial charge in [-0.25, -0.2) is 4.98 Å². The molecular formula is C12H13BrN2O. The minimum atomic E-state index is 0.280. The first-order valence-corrected chi connectivity index (χ1v) is 5.91. The zero-order chi connectivity index (χ0) is 11.4. The molecule has 0 saturated heterocycles. The van der Waals surface area contributed by atoms with Gasteiger partial charge in [-0.3, -0.25) is 0 Å². The molecule has 2 rings (SSSR count). The van der Waals surface area contributed by atoms with Crippen molar-refractivity contribution in [2.45, 2.75) is 19.5 Å². The van der Waals surface area contributed by atoms with Crippen LogP contribution in [0.1, 0.15) is 24.3 Å². The lowest BCUT2D eigenvalue weighted by atomic mass is 10.1. The minimum absolute atomic E-state index is 0.280. The van der Waals surface area contributed by atoms with Gasteiger partial charge in [-0.2, -0.15) is 0 Å². The van der Waals surface area contributed by atoms with Crippen molar-refractivity contribution in [2.24, 2.45) is 0 Å². The maximum atomic E-state index is 5.16. The molecule has 0 fully saturated rings. The van der Waals surface area contributed by atoms with E-state index in [9.17, 15) is 0 Å². The van der Waals surface area contributed by atoms with E-state index >= 15 is 0 Å². The van der Waals surface area contributed by atoms with E-state index in [4.69, 9.17) is 4.42 Å². The summed E-state index contributed by atoms with van der Waals surface area (Å²) in [6, 6.07) is 8.54. The van der Waals surface area contributed by atoms with Crippen molar-refractivity contribution >= 4 is 15.9 Å². The summed E-state index contributed by atoms with van der Waals surface area (Å²) in [7, 11) is 0. The number of halogens is 1. The molecule has 16 heavy (non-hydrogen) atoms. The number of hydrogen-bond acceptors (Lipinski definition) is 3. The minimum Gasteiger partial charge on any atom is -0.447 e. The molecule has 0 aliphatic heterocycles. The number of nitrogens with zero attached hydrogens (tertiary/aromatic N) is 1. The first-order chi connectivity index (χ1) is 7.75. The van der Waals surface area contributed by atoms with Crippen LogP contribution in [0.25, 0.3) is 0 Å². The fourth-order valence-electron chi connectivity index (χ4n) is 1.48. The molecule has 0 aliphatic carbocycles. The van der Waals surface area contributed by atoms with Gasteiger partial charge in [0.05, 0.1) is 12.7 Å². The monoisotopic (exact) mass is 280 g/mol. The molecule has 1 atom stereocenters. The van der Waals surface area contributed by atoms with E-state index in [1.54, 1.807) is 6.20 Å². The Hall–Kier alpha value is -1.13. The summed E-state index contributed by atoms with van der Waals surface area (Å²) in [6.07, 6.45) is 3.17. The molecule has 0 unspecified atom stereocenters. The summed E-state index contributed by atoms with van der Waals surface area (Å²) in [4.78, 5) is 3.87. The van der Waals surface area contributed by atoms with Crippen LogP contribution in [0, 0.1) is 0 Å². The van der Waals surface area contributed by atoms with Gasteiger partial charge in [0.15, 0.2) is 6.39 Å². The Morgan fingerprint density at radius 2 is 2.38 bits per heavy atom. The summed E-state index contributed by atoms with van der Waals surface area (Å²) in [5.74, 6) is 0.849. The molecule has 0 amide bonds. The fourth-order valence-corrected chi connectivity index (χ4v) is 1.89. The lowest BCUT2D eigenvalue weighted by molar-refractivity contribution is 0.458. The quantitative estimate of drug-likeness (QED) is 0.934. The van der Waals surface area contributed by atoms with Gasteiger partial charge >= 0.3 is 0 Å². The summed E-state index contributed by atoms with van der Waals surface area (Å²) in [6.45, 7) is 2.81. The number of aromatic nitrogens is 1. The highest BCUT2D eigenvalue weighted by atomic mass is 79.9. The molecule has 0 radical (unpaired) electrons. The van der Waals surface area contributed by atoms with Crippen molar-refractivity contribution < 1.29 is 4.42 Å². The van der Waals surface area contributed by atoms with Gasteiger partial charge in [0.2, 0.25) is 0 Å². The highest BCUT2D eigenvalue weighted by Gasteiger charge is 2.05. The molecule has 3 nitrogen and oxygen atoms in total. The summed E-state index contributed by atoms with van der Waals surface area (Å²) in [5.41, 5.74) is 1.24. The predicted molar refractivity (Wildman–Crippen MR) is 65.9 cm³/mol. The van der Waals surface area contributed by atoms with Crippen molar-refractivity contribution in [3.8, 4) is 0 Å². The van der Waals surface area contributed by atoms with Gasteiger partial charge in [0.25, 0.3) is 0 Å². The van der Waals surface area contributed by atoms with Gasteiger partial charge in [-0.05, 0) is 24.6 Å². The number of rotatable bonds is 4. The van der Waals surface area contributed by atoms with Crippen LogP contribution in [0.2, 0.25) is 0 Å². The van der Waals surface area contributed by atoms with Crippen LogP contribution in [0.4, 0.5) is 0 Å². The zero-order valence-corrected chi connectivity index (χ0v) is 10.6. The standard InChI is InChI=1S/C12H13BrN2O/c1-9(10-3-2-4-11(13)5-10)15-7-12-6-14-8-16-12/h2-6,8-9,15H,7H2,1H3/t9-/m1/s1. The molecule has 1 N–H and O–H groups in total. The van der Waals surface area contributed by atoms with E-state index in [1.807, 2.05) is 12.1 Å². The van der Waals surface area contributed by atoms with Crippen LogP contribution in [-0.2, 0) is 6.54 Å². The maximum Gasteiger partial charge on any atom is 0.180 e. The Balaban J connectivity index is 1.95. The zero-order valence-electron chi connectivity index (χ0n) is 8.98. The Morgan fingerprint density at radius 1 is 1.50 bits per heavy atom. The SMILES string of the molecule is C[C@@H](NCc1cnco1)c1cccc(Br)c1. The smallest absolute Gasteiger partial charge is 0.180 e. The Kier molecular flexibility index (Phi) is 3.74. The Morgan fingerprint density at radius 3 is 3.06 bits per heavy atom. The van der Waals surface area contributed by atoms with Crippen LogP contribution in [0.15, 0.2) is 45.7 Å². The van der Waals surface area contributed by atoms with Gasteiger partial charge in [-0.1, -0.05) is 28.1 Å². The van der Waals surface area contributed by atoms with Gasteiger partial charge in [0.1, 0.15) is 5.76 Å². The van der Waals surface area contributed by atoms with Crippen molar-refractivity contribution in [3.05, 3.63) is 52.7 Å². The first-order valence-electron chi connectivity index (χ1n) is 5.12. The van der Waals surface area contributed by atoms with Crippen LogP contribution in [0.3, 0.4) is 0 Å². The van der Waals surface area contributed by atoms with E-state index in [-0.39, 0.29) is 6.04 Å². The van der Waals surface area contributed by atoms with Crippen molar-refractivity contribution in [1.82, 2.24) is 10.3 Å². The van der Waals surface area contributed by atoms with Crippen molar-refractivity contribution in [3.63, 3.8) is 0 Å². The fraction of sp³-hybridized carbons (Fsp3) is 0.250. The number of benzene rings is 1. The lowest BCUT2D eigenvalue weighted by Crippen LogP contribution is -2.17. The summed E-state index contributed by atoms with van der Waals surface area (Å²) in [5, 5.41) is 3.37. The second-order valence-corrected chi connectivity index (χ2v) is 4.54. The molecule has 4 heteroatoms. The highest BCUT2D eigenvalue weighted by molar-refractivity contribution is 9.10. The third kappa shape index (κ3) is 2.93. The number of hydrogen-bond donors (Lipinski definition) is 1. The van der Waals surface area contributed by atoms with Crippen LogP contribution in [-0.4, -0.2) is 4.98 Å². The Labute approximate surface area is 103 Å². The molecule has 84 valence electrons. The van der Waals surface area contributed by atoms with Crippen molar-refractivity contribution in [1.29, 1.82) is 0 Å². The molecule has 0 aliphatic rings. The van der Waals surface area contributed by atoms with Gasteiger partial charge < -0.3 is 9.73 Å². The predicted octanol–water partition coefficient (Wildman–Crippen LogP) is 3.29. The molecule has 0 spiro atoms. The van der Waals surface area contributed by atoms with E-state index < -0.39 is 0 Å². The number of nitrogens with one attached hydrogen (secondary N) is 1. The van der Waals surface area contributed by atoms with Gasteiger partial charge in [0, 0.05) is 10.5 Å². The largest absolute Gasteiger partial charge is 0.447 e. The molecule has 1 aromatic heterocycles. The van der Waals surface area contributed by atoms with Crippen molar-refractivity contribution in [2.75, 3.05) is 0 Å². The molecule has 2 aromatic rings. The average Bonchev–Trinajstić information content (AvgIpc) is 2.78. The van der Waals surface area contributed by atoms with Crippen LogP contribution < -0.4 is 5.32 Å². The summed E-state index contributed by atoms with van der Waals surface area (Å²) >= 11 is 3.46. The molecule has 0 bridgehead atoms. The van der Waals surface area contributed by atoms with E-state index in [0.29, 0.717) is 6.54 Å².